The van der Waals surface area contributed by atoms with E-state index in [1.165, 1.54) is 0 Å². The summed E-state index contributed by atoms with van der Waals surface area (Å²) in [6, 6.07) is 12.9. The second kappa shape index (κ2) is 7.19. The highest BCUT2D eigenvalue weighted by molar-refractivity contribution is 6.42. The van der Waals surface area contributed by atoms with Crippen molar-refractivity contribution in [2.75, 3.05) is 13.7 Å². The van der Waals surface area contributed by atoms with E-state index in [4.69, 9.17) is 39.5 Å². The second-order valence-electron chi connectivity index (χ2n) is 4.28. The van der Waals surface area contributed by atoms with E-state index in [0.29, 0.717) is 21.7 Å². The third-order valence-electron chi connectivity index (χ3n) is 2.92. The molecular weight excluding hydrogens is 317 g/mol. The van der Waals surface area contributed by atoms with Crippen LogP contribution in [0.15, 0.2) is 42.5 Å². The predicted octanol–water partition coefficient (Wildman–Crippen LogP) is 4.99. The minimum Gasteiger partial charge on any atom is -0.492 e. The van der Waals surface area contributed by atoms with Crippen molar-refractivity contribution < 1.29 is 4.74 Å². The van der Waals surface area contributed by atoms with Gasteiger partial charge in [-0.15, -0.1) is 0 Å². The van der Waals surface area contributed by atoms with Gasteiger partial charge in [-0.25, -0.2) is 0 Å². The molecule has 106 valence electrons. The van der Waals surface area contributed by atoms with Crippen molar-refractivity contribution in [1.82, 2.24) is 5.32 Å². The first-order valence-corrected chi connectivity index (χ1v) is 7.24. The van der Waals surface area contributed by atoms with Gasteiger partial charge in [-0.05, 0) is 49.0 Å². The topological polar surface area (TPSA) is 21.3 Å². The third-order valence-corrected chi connectivity index (χ3v) is 3.92. The molecule has 1 atom stereocenters. The maximum absolute atomic E-state index is 6.03. The largest absolute Gasteiger partial charge is 0.492 e. The van der Waals surface area contributed by atoms with Crippen molar-refractivity contribution in [1.29, 1.82) is 0 Å². The summed E-state index contributed by atoms with van der Waals surface area (Å²) in [6.45, 7) is 0.482. The van der Waals surface area contributed by atoms with E-state index in [1.807, 2.05) is 31.3 Å². The quantitative estimate of drug-likeness (QED) is 0.834. The van der Waals surface area contributed by atoms with Crippen LogP contribution in [0.3, 0.4) is 0 Å². The van der Waals surface area contributed by atoms with Crippen LogP contribution in [0.4, 0.5) is 0 Å². The molecule has 2 rings (SSSR count). The summed E-state index contributed by atoms with van der Waals surface area (Å²) < 4.78 is 5.74. The summed E-state index contributed by atoms with van der Waals surface area (Å²) in [4.78, 5) is 0. The highest BCUT2D eigenvalue weighted by Crippen LogP contribution is 2.26. The van der Waals surface area contributed by atoms with E-state index in [2.05, 4.69) is 5.32 Å². The molecule has 1 N–H and O–H groups in total. The molecule has 5 heteroatoms. The molecule has 0 bridgehead atoms. The molecule has 0 fully saturated rings. The molecule has 2 aromatic carbocycles. The van der Waals surface area contributed by atoms with Crippen molar-refractivity contribution in [3.63, 3.8) is 0 Å². The molecule has 0 radical (unpaired) electrons. The van der Waals surface area contributed by atoms with Crippen LogP contribution in [0, 0.1) is 0 Å². The monoisotopic (exact) mass is 329 g/mol. The minimum atomic E-state index is 0.0282. The second-order valence-corrected chi connectivity index (χ2v) is 5.53. The Morgan fingerprint density at radius 3 is 2.30 bits per heavy atom. The zero-order chi connectivity index (χ0) is 14.5. The minimum absolute atomic E-state index is 0.0282. The Hall–Kier alpha value is -0.930. The van der Waals surface area contributed by atoms with Crippen molar-refractivity contribution in [3.05, 3.63) is 63.1 Å². The number of benzene rings is 2. The van der Waals surface area contributed by atoms with E-state index in [1.54, 1.807) is 18.2 Å². The normalized spacial score (nSPS) is 12.2. The van der Waals surface area contributed by atoms with Gasteiger partial charge in [0.05, 0.1) is 16.1 Å². The first kappa shape index (κ1) is 15.5. The van der Waals surface area contributed by atoms with Gasteiger partial charge in [0.1, 0.15) is 12.4 Å². The lowest BCUT2D eigenvalue weighted by Crippen LogP contribution is -2.23. The number of hydrogen-bond donors (Lipinski definition) is 1. The van der Waals surface area contributed by atoms with Gasteiger partial charge in [-0.2, -0.15) is 0 Å². The van der Waals surface area contributed by atoms with E-state index >= 15 is 0 Å². The summed E-state index contributed by atoms with van der Waals surface area (Å²) in [5, 5.41) is 4.96. The van der Waals surface area contributed by atoms with Crippen LogP contribution < -0.4 is 10.1 Å². The number of nitrogens with one attached hydrogen (secondary N) is 1. The zero-order valence-corrected chi connectivity index (χ0v) is 13.1. The molecule has 0 aromatic heterocycles. The number of likely N-dealkylation sites (N-methyl/N-ethyl adjacent to an activating group) is 1. The van der Waals surface area contributed by atoms with Crippen molar-refractivity contribution in [2.45, 2.75) is 6.04 Å². The lowest BCUT2D eigenvalue weighted by Gasteiger charge is -2.18. The van der Waals surface area contributed by atoms with E-state index in [-0.39, 0.29) is 6.04 Å². The van der Waals surface area contributed by atoms with E-state index in [9.17, 15) is 0 Å². The van der Waals surface area contributed by atoms with E-state index < -0.39 is 0 Å². The zero-order valence-electron chi connectivity index (χ0n) is 10.9. The number of rotatable bonds is 5. The first-order chi connectivity index (χ1) is 9.60. The summed E-state index contributed by atoms with van der Waals surface area (Å²) in [5.74, 6) is 0.773. The van der Waals surface area contributed by atoms with Gasteiger partial charge in [0.25, 0.3) is 0 Å². The number of ether oxygens (including phenoxy) is 1. The van der Waals surface area contributed by atoms with Crippen LogP contribution in [0.5, 0.6) is 5.75 Å². The van der Waals surface area contributed by atoms with Crippen LogP contribution in [0.25, 0.3) is 0 Å². The molecule has 20 heavy (non-hydrogen) atoms. The molecular formula is C15H14Cl3NO. The van der Waals surface area contributed by atoms with Crippen LogP contribution in [-0.4, -0.2) is 13.7 Å². The molecule has 0 aliphatic carbocycles. The summed E-state index contributed by atoms with van der Waals surface area (Å²) in [7, 11) is 1.87. The van der Waals surface area contributed by atoms with Gasteiger partial charge in [-0.3, -0.25) is 0 Å². The number of halogens is 3. The average Bonchev–Trinajstić information content (AvgIpc) is 2.45. The van der Waals surface area contributed by atoms with Gasteiger partial charge in [0.2, 0.25) is 0 Å². The Morgan fingerprint density at radius 2 is 1.70 bits per heavy atom. The Balaban J connectivity index is 2.05. The molecule has 0 amide bonds. The Morgan fingerprint density at radius 1 is 1.00 bits per heavy atom. The summed E-state index contributed by atoms with van der Waals surface area (Å²) in [5.41, 5.74) is 1.02. The molecule has 0 saturated carbocycles. The Kier molecular flexibility index (Phi) is 5.55. The fraction of sp³-hybridized carbons (Fsp3) is 0.200. The van der Waals surface area contributed by atoms with Gasteiger partial charge in [0, 0.05) is 5.02 Å². The van der Waals surface area contributed by atoms with Gasteiger partial charge in [0.15, 0.2) is 0 Å². The van der Waals surface area contributed by atoms with Crippen LogP contribution in [-0.2, 0) is 0 Å². The van der Waals surface area contributed by atoms with Crippen LogP contribution in [0.2, 0.25) is 15.1 Å². The molecule has 0 heterocycles. The Bertz CT molecular complexity index is 572. The number of hydrogen-bond acceptors (Lipinski definition) is 2. The van der Waals surface area contributed by atoms with Gasteiger partial charge >= 0.3 is 0 Å². The maximum Gasteiger partial charge on any atom is 0.119 e. The SMILES string of the molecule is CNC(COc1ccc(Cl)cc1)c1ccc(Cl)c(Cl)c1. The average molecular weight is 331 g/mol. The standard InChI is InChI=1S/C15H14Cl3NO/c1-19-15(10-2-7-13(17)14(18)8-10)9-20-12-5-3-11(16)4-6-12/h2-8,15,19H,9H2,1H3. The third kappa shape index (κ3) is 4.03. The van der Waals surface area contributed by atoms with Gasteiger partial charge < -0.3 is 10.1 Å². The molecule has 2 aromatic rings. The fourth-order valence-corrected chi connectivity index (χ4v) is 2.22. The summed E-state index contributed by atoms with van der Waals surface area (Å²) in [6.07, 6.45) is 0. The highest BCUT2D eigenvalue weighted by atomic mass is 35.5. The molecule has 0 spiro atoms. The Labute approximate surface area is 133 Å². The summed E-state index contributed by atoms with van der Waals surface area (Å²) >= 11 is 17.8. The molecule has 0 aliphatic heterocycles. The predicted molar refractivity (Wildman–Crippen MR) is 85.2 cm³/mol. The van der Waals surface area contributed by atoms with Gasteiger partial charge in [-0.1, -0.05) is 40.9 Å². The van der Waals surface area contributed by atoms with E-state index in [0.717, 1.165) is 11.3 Å². The lowest BCUT2D eigenvalue weighted by molar-refractivity contribution is 0.273. The highest BCUT2D eigenvalue weighted by Gasteiger charge is 2.11. The van der Waals surface area contributed by atoms with Crippen LogP contribution >= 0.6 is 34.8 Å². The van der Waals surface area contributed by atoms with Crippen molar-refractivity contribution in [3.8, 4) is 5.75 Å². The first-order valence-electron chi connectivity index (χ1n) is 6.10. The molecule has 2 nitrogen and oxygen atoms in total. The lowest BCUT2D eigenvalue weighted by atomic mass is 10.1. The van der Waals surface area contributed by atoms with Crippen LogP contribution in [0.1, 0.15) is 11.6 Å². The van der Waals surface area contributed by atoms with Crippen molar-refractivity contribution in [2.24, 2.45) is 0 Å². The van der Waals surface area contributed by atoms with Crippen molar-refractivity contribution >= 4 is 34.8 Å². The molecule has 0 aliphatic rings. The maximum atomic E-state index is 6.03. The molecule has 1 unspecified atom stereocenters. The fourth-order valence-electron chi connectivity index (χ4n) is 1.79. The smallest absolute Gasteiger partial charge is 0.119 e. The molecule has 0 saturated heterocycles.